The molecular formula is H2CoFeLaSr. The normalized spacial score (nSPS) is 0. The maximum absolute atomic E-state index is 0. The van der Waals surface area contributed by atoms with Crippen LogP contribution in [0.2, 0.25) is 0 Å². The average molecular weight is 343 g/mol. The van der Waals surface area contributed by atoms with E-state index in [-0.39, 0.29) is 115 Å². The van der Waals surface area contributed by atoms with E-state index in [0.717, 1.165) is 0 Å². The standard InChI is InChI=1S/Co.Fe.La.Sr.2H. The third-order valence-corrected chi connectivity index (χ3v) is 0. The van der Waals surface area contributed by atoms with Gasteiger partial charge in [0.1, 0.15) is 0 Å². The van der Waals surface area contributed by atoms with Crippen LogP contribution >= 0.6 is 0 Å². The third kappa shape index (κ3) is 9.20. The van der Waals surface area contributed by atoms with Gasteiger partial charge in [-0.3, -0.25) is 0 Å². The van der Waals surface area contributed by atoms with Gasteiger partial charge in [-0.2, -0.15) is 0 Å². The summed E-state index contributed by atoms with van der Waals surface area (Å²) in [4.78, 5) is 0. The third-order valence-electron chi connectivity index (χ3n) is 0. The molecule has 24 valence electrons. The van der Waals surface area contributed by atoms with Gasteiger partial charge in [0.15, 0.2) is 0 Å². The second-order valence-corrected chi connectivity index (χ2v) is 0. The first-order valence-corrected chi connectivity index (χ1v) is 0. The number of hydrogen-bond acceptors (Lipinski definition) is 0. The summed E-state index contributed by atoms with van der Waals surface area (Å²) < 4.78 is 0. The molecule has 0 aromatic rings. The fourth-order valence-corrected chi connectivity index (χ4v) is 0. The summed E-state index contributed by atoms with van der Waals surface area (Å²) in [5.74, 6) is 0. The predicted molar refractivity (Wildman–Crippen MR) is 8.54 cm³/mol. The molecule has 0 bridgehead atoms. The summed E-state index contributed by atoms with van der Waals surface area (Å²) in [7, 11) is 0. The van der Waals surface area contributed by atoms with E-state index in [1.165, 1.54) is 0 Å². The van der Waals surface area contributed by atoms with Crippen LogP contribution in [-0.4, -0.2) is 45.5 Å². The second-order valence-electron chi connectivity index (χ2n) is 0. The van der Waals surface area contributed by atoms with Crippen LogP contribution in [0.25, 0.3) is 0 Å². The molecule has 2 radical (unpaired) electrons. The second kappa shape index (κ2) is 15.9. The van der Waals surface area contributed by atoms with Crippen LogP contribution in [0, 0.1) is 35.6 Å². The van der Waals surface area contributed by atoms with E-state index < -0.39 is 0 Å². The summed E-state index contributed by atoms with van der Waals surface area (Å²) in [6.45, 7) is 0. The van der Waals surface area contributed by atoms with Crippen LogP contribution < -0.4 is 0 Å². The Morgan fingerprint density at radius 2 is 1.00 bits per heavy atom. The molecule has 0 atom stereocenters. The van der Waals surface area contributed by atoms with E-state index >= 15 is 0 Å². The molecule has 0 rings (SSSR count). The molecule has 0 saturated carbocycles. The van der Waals surface area contributed by atoms with Crippen molar-refractivity contribution in [3.63, 3.8) is 0 Å². The van der Waals surface area contributed by atoms with Gasteiger partial charge >= 0.3 is 45.5 Å². The van der Waals surface area contributed by atoms with E-state index in [4.69, 9.17) is 0 Å². The molecule has 0 fully saturated rings. The van der Waals surface area contributed by atoms with Gasteiger partial charge in [0, 0.05) is 69.4 Å². The minimum atomic E-state index is 0. The zero-order valence-electron chi connectivity index (χ0n) is 1.26. The van der Waals surface area contributed by atoms with Crippen molar-refractivity contribution in [2.75, 3.05) is 0 Å². The molecule has 0 saturated heterocycles. The molecule has 0 heterocycles. The monoisotopic (exact) mass is 344 g/mol. The van der Waals surface area contributed by atoms with Gasteiger partial charge in [-0.05, 0) is 0 Å². The Morgan fingerprint density at radius 1 is 1.00 bits per heavy atom. The van der Waals surface area contributed by atoms with Crippen LogP contribution in [0.4, 0.5) is 0 Å². The van der Waals surface area contributed by atoms with Crippen LogP contribution in [0.15, 0.2) is 0 Å². The Morgan fingerprint density at radius 3 is 1.00 bits per heavy atom. The van der Waals surface area contributed by atoms with Crippen LogP contribution in [-0.2, 0) is 33.8 Å². The van der Waals surface area contributed by atoms with Gasteiger partial charge in [0.05, 0.1) is 0 Å². The molecular weight excluding hydrogens is 341 g/mol. The average Bonchev–Trinajstić information content (AvgIpc) is 0. The summed E-state index contributed by atoms with van der Waals surface area (Å²) in [5.41, 5.74) is 0. The van der Waals surface area contributed by atoms with Crippen molar-refractivity contribution >= 4 is 45.5 Å². The van der Waals surface area contributed by atoms with Crippen molar-refractivity contribution < 1.29 is 69.4 Å². The quantitative estimate of drug-likeness (QED) is 0.499. The van der Waals surface area contributed by atoms with Crippen LogP contribution in [0.1, 0.15) is 0 Å². The first-order valence-electron chi connectivity index (χ1n) is 0. The summed E-state index contributed by atoms with van der Waals surface area (Å²) in [6.07, 6.45) is 0. The van der Waals surface area contributed by atoms with Crippen molar-refractivity contribution in [2.24, 2.45) is 0 Å². The Balaban J connectivity index is 0. The van der Waals surface area contributed by atoms with Crippen LogP contribution in [0.5, 0.6) is 0 Å². The Labute approximate surface area is 112 Å². The molecule has 4 heavy (non-hydrogen) atoms. The van der Waals surface area contributed by atoms with Crippen LogP contribution in [0.3, 0.4) is 0 Å². The van der Waals surface area contributed by atoms with E-state index in [1.807, 2.05) is 0 Å². The molecule has 0 spiro atoms. The van der Waals surface area contributed by atoms with Gasteiger partial charge in [0.2, 0.25) is 0 Å². The van der Waals surface area contributed by atoms with E-state index in [9.17, 15) is 0 Å². The zero-order chi connectivity index (χ0) is 0. The number of hydrogen-bond donors (Lipinski definition) is 0. The topological polar surface area (TPSA) is 0 Å². The van der Waals surface area contributed by atoms with Gasteiger partial charge < -0.3 is 0 Å². The molecule has 0 aliphatic rings. The SMILES string of the molecule is [Co].[Fe].[La].[SrH2]. The van der Waals surface area contributed by atoms with Crippen molar-refractivity contribution in [3.8, 4) is 0 Å². The minimum absolute atomic E-state index is 0. The van der Waals surface area contributed by atoms with Gasteiger partial charge in [-0.25, -0.2) is 0 Å². The first kappa shape index (κ1) is 25.2. The van der Waals surface area contributed by atoms with E-state index in [0.29, 0.717) is 0 Å². The summed E-state index contributed by atoms with van der Waals surface area (Å²) >= 11 is 0. The summed E-state index contributed by atoms with van der Waals surface area (Å²) in [6, 6.07) is 0. The molecule has 0 N–H and O–H groups in total. The fraction of sp³-hybridized carbons (Fsp3) is 0. The molecule has 0 aromatic carbocycles. The van der Waals surface area contributed by atoms with Gasteiger partial charge in [-0.1, -0.05) is 0 Å². The zero-order valence-corrected chi connectivity index (χ0v) is 7.04. The Bertz CT molecular complexity index is 8.00. The molecule has 0 aliphatic carbocycles. The first-order chi connectivity index (χ1) is 0. The predicted octanol–water partition coefficient (Wildman–Crippen LogP) is -0.921. The van der Waals surface area contributed by atoms with E-state index in [1.54, 1.807) is 0 Å². The van der Waals surface area contributed by atoms with Crippen molar-refractivity contribution in [3.05, 3.63) is 0 Å². The van der Waals surface area contributed by atoms with Gasteiger partial charge in [-0.15, -0.1) is 0 Å². The maximum atomic E-state index is 0. The molecule has 4 heteroatoms. The fourth-order valence-electron chi connectivity index (χ4n) is 0. The van der Waals surface area contributed by atoms with Crippen molar-refractivity contribution in [2.45, 2.75) is 0 Å². The van der Waals surface area contributed by atoms with E-state index in [2.05, 4.69) is 0 Å². The molecule has 0 aromatic heterocycles. The van der Waals surface area contributed by atoms with Crippen molar-refractivity contribution in [1.82, 2.24) is 0 Å². The summed E-state index contributed by atoms with van der Waals surface area (Å²) in [5, 5.41) is 0. The molecule has 0 unspecified atom stereocenters. The molecule has 0 aliphatic heterocycles. The molecule has 0 amide bonds. The Kier molecular flexibility index (Phi) is 100. The number of rotatable bonds is 0. The molecule has 0 nitrogen and oxygen atoms in total. The Hall–Kier alpha value is 3.70. The van der Waals surface area contributed by atoms with Gasteiger partial charge in [0.25, 0.3) is 0 Å². The van der Waals surface area contributed by atoms with Crippen molar-refractivity contribution in [1.29, 1.82) is 0 Å².